The Bertz CT molecular complexity index is 1200. The van der Waals surface area contributed by atoms with E-state index in [4.69, 9.17) is 32.2 Å². The van der Waals surface area contributed by atoms with E-state index < -0.39 is 0 Å². The minimum atomic E-state index is 0.176. The largest absolute Gasteiger partial charge is 0.383 e. The topological polar surface area (TPSA) is 90.9 Å². The summed E-state index contributed by atoms with van der Waals surface area (Å²) in [4.78, 5) is 9.43. The molecule has 0 saturated carbocycles. The van der Waals surface area contributed by atoms with Crippen molar-refractivity contribution in [3.05, 3.63) is 65.2 Å². The molecule has 2 aromatic heterocycles. The molecule has 31 heavy (non-hydrogen) atoms. The van der Waals surface area contributed by atoms with Crippen molar-refractivity contribution in [2.24, 2.45) is 0 Å². The van der Waals surface area contributed by atoms with Crippen LogP contribution in [-0.2, 0) is 11.3 Å². The number of aromatic nitrogens is 4. The fourth-order valence-electron chi connectivity index (χ4n) is 3.87. The lowest BCUT2D eigenvalue weighted by Gasteiger charge is -2.12. The molecular formula is C23H23ClN6O. The monoisotopic (exact) mass is 434 g/mol. The van der Waals surface area contributed by atoms with Crippen LogP contribution >= 0.6 is 11.6 Å². The summed E-state index contributed by atoms with van der Waals surface area (Å²) in [5, 5.41) is 9.36. The van der Waals surface area contributed by atoms with E-state index in [1.165, 1.54) is 0 Å². The second-order valence-corrected chi connectivity index (χ2v) is 8.09. The second kappa shape index (κ2) is 8.53. The van der Waals surface area contributed by atoms with Gasteiger partial charge < -0.3 is 15.8 Å². The number of halogens is 1. The van der Waals surface area contributed by atoms with Gasteiger partial charge in [0.25, 0.3) is 0 Å². The minimum Gasteiger partial charge on any atom is -0.383 e. The van der Waals surface area contributed by atoms with Crippen LogP contribution in [0.15, 0.2) is 54.6 Å². The minimum absolute atomic E-state index is 0.176. The molecule has 3 heterocycles. The van der Waals surface area contributed by atoms with Gasteiger partial charge in [-0.2, -0.15) is 4.98 Å². The molecular weight excluding hydrogens is 412 g/mol. The molecule has 1 atom stereocenters. The molecule has 1 aliphatic rings. The Hall–Kier alpha value is -3.16. The van der Waals surface area contributed by atoms with Crippen molar-refractivity contribution >= 4 is 34.4 Å². The van der Waals surface area contributed by atoms with Crippen LogP contribution in [0.5, 0.6) is 0 Å². The normalized spacial score (nSPS) is 16.1. The van der Waals surface area contributed by atoms with E-state index in [-0.39, 0.29) is 6.10 Å². The fraction of sp³-hybridized carbons (Fsp3) is 0.261. The van der Waals surface area contributed by atoms with Gasteiger partial charge in [0.1, 0.15) is 5.82 Å². The molecule has 0 aliphatic carbocycles. The van der Waals surface area contributed by atoms with Gasteiger partial charge in [0.05, 0.1) is 23.7 Å². The number of nitrogens with zero attached hydrogens (tertiary/aromatic N) is 4. The number of nitrogen functional groups attached to an aromatic ring is 1. The number of anilines is 2. The summed E-state index contributed by atoms with van der Waals surface area (Å²) in [6, 6.07) is 17.7. The molecule has 0 unspecified atom stereocenters. The third-order valence-corrected chi connectivity index (χ3v) is 5.66. The number of fused-ring (bicyclic) bond motifs is 1. The van der Waals surface area contributed by atoms with E-state index in [9.17, 15) is 0 Å². The molecule has 0 amide bonds. The molecule has 7 nitrogen and oxygen atoms in total. The molecule has 1 saturated heterocycles. The zero-order valence-electron chi connectivity index (χ0n) is 17.0. The number of hydrogen-bond donors (Lipinski definition) is 2. The van der Waals surface area contributed by atoms with Crippen molar-refractivity contribution < 1.29 is 4.74 Å². The zero-order chi connectivity index (χ0) is 21.2. The Morgan fingerprint density at radius 2 is 2.00 bits per heavy atom. The van der Waals surface area contributed by atoms with Gasteiger partial charge in [0, 0.05) is 23.7 Å². The fourth-order valence-corrected chi connectivity index (χ4v) is 4.06. The van der Waals surface area contributed by atoms with E-state index >= 15 is 0 Å². The SMILES string of the molecule is Nc1c2c(-c3cccc(Cl)c3)nc(NC[C@@H]3CCCO3)nc2nn1Cc1ccccc1. The van der Waals surface area contributed by atoms with Crippen molar-refractivity contribution in [2.45, 2.75) is 25.5 Å². The quantitative estimate of drug-likeness (QED) is 0.468. The molecule has 2 aromatic carbocycles. The predicted octanol–water partition coefficient (Wildman–Crippen LogP) is 4.37. The van der Waals surface area contributed by atoms with E-state index in [0.717, 1.165) is 36.0 Å². The highest BCUT2D eigenvalue weighted by atomic mass is 35.5. The van der Waals surface area contributed by atoms with Crippen LogP contribution in [0.4, 0.5) is 11.8 Å². The van der Waals surface area contributed by atoms with Crippen LogP contribution in [-0.4, -0.2) is 39.0 Å². The third kappa shape index (κ3) is 4.19. The van der Waals surface area contributed by atoms with Gasteiger partial charge in [-0.15, -0.1) is 5.10 Å². The number of hydrogen-bond acceptors (Lipinski definition) is 6. The molecule has 0 radical (unpaired) electrons. The zero-order valence-corrected chi connectivity index (χ0v) is 17.7. The van der Waals surface area contributed by atoms with E-state index in [1.807, 2.05) is 54.6 Å². The summed E-state index contributed by atoms with van der Waals surface area (Å²) in [6.45, 7) is 2.01. The summed E-state index contributed by atoms with van der Waals surface area (Å²) in [6.07, 6.45) is 2.30. The van der Waals surface area contributed by atoms with E-state index in [0.29, 0.717) is 41.2 Å². The van der Waals surface area contributed by atoms with Gasteiger partial charge in [-0.05, 0) is 30.5 Å². The van der Waals surface area contributed by atoms with Crippen LogP contribution < -0.4 is 11.1 Å². The summed E-state index contributed by atoms with van der Waals surface area (Å²) in [5.41, 5.74) is 9.76. The highest BCUT2D eigenvalue weighted by molar-refractivity contribution is 6.30. The number of nitrogens with one attached hydrogen (secondary N) is 1. The molecule has 0 spiro atoms. The summed E-state index contributed by atoms with van der Waals surface area (Å²) >= 11 is 6.26. The van der Waals surface area contributed by atoms with Crippen molar-refractivity contribution in [3.8, 4) is 11.3 Å². The summed E-state index contributed by atoms with van der Waals surface area (Å²) in [7, 11) is 0. The van der Waals surface area contributed by atoms with Gasteiger partial charge in [0.2, 0.25) is 5.95 Å². The Morgan fingerprint density at radius 1 is 1.13 bits per heavy atom. The first kappa shape index (κ1) is 19.8. The summed E-state index contributed by atoms with van der Waals surface area (Å²) in [5.74, 6) is 1.03. The van der Waals surface area contributed by atoms with Gasteiger partial charge in [-0.1, -0.05) is 54.1 Å². The van der Waals surface area contributed by atoms with Crippen molar-refractivity contribution in [1.82, 2.24) is 19.7 Å². The Kier molecular flexibility index (Phi) is 5.44. The molecule has 0 bridgehead atoms. The average Bonchev–Trinajstić information content (AvgIpc) is 3.41. The molecule has 8 heteroatoms. The first-order valence-corrected chi connectivity index (χ1v) is 10.7. The lowest BCUT2D eigenvalue weighted by molar-refractivity contribution is 0.120. The van der Waals surface area contributed by atoms with Gasteiger partial charge >= 0.3 is 0 Å². The Labute approximate surface area is 185 Å². The smallest absolute Gasteiger partial charge is 0.225 e. The average molecular weight is 435 g/mol. The summed E-state index contributed by atoms with van der Waals surface area (Å²) < 4.78 is 7.48. The van der Waals surface area contributed by atoms with Gasteiger partial charge in [-0.25, -0.2) is 9.67 Å². The van der Waals surface area contributed by atoms with Crippen molar-refractivity contribution in [1.29, 1.82) is 0 Å². The molecule has 158 valence electrons. The van der Waals surface area contributed by atoms with Crippen molar-refractivity contribution in [3.63, 3.8) is 0 Å². The highest BCUT2D eigenvalue weighted by Crippen LogP contribution is 2.33. The maximum atomic E-state index is 6.53. The number of nitrogens with two attached hydrogens (primary N) is 1. The second-order valence-electron chi connectivity index (χ2n) is 7.65. The number of rotatable bonds is 6. The standard InChI is InChI=1S/C23H23ClN6O/c24-17-9-4-8-16(12-17)20-19-21(25)30(14-15-6-2-1-3-7-15)29-22(19)28-23(27-20)26-13-18-10-5-11-31-18/h1-4,6-9,12,18H,5,10-11,13-14,25H2,(H,26,28,29)/t18-/m0/s1. The van der Waals surface area contributed by atoms with E-state index in [2.05, 4.69) is 10.3 Å². The van der Waals surface area contributed by atoms with Crippen LogP contribution in [0, 0.1) is 0 Å². The lowest BCUT2D eigenvalue weighted by atomic mass is 10.1. The molecule has 5 rings (SSSR count). The maximum Gasteiger partial charge on any atom is 0.225 e. The number of benzene rings is 2. The Balaban J connectivity index is 1.58. The third-order valence-electron chi connectivity index (χ3n) is 5.42. The van der Waals surface area contributed by atoms with Gasteiger partial charge in [-0.3, -0.25) is 0 Å². The van der Waals surface area contributed by atoms with E-state index in [1.54, 1.807) is 4.68 Å². The maximum absolute atomic E-state index is 6.53. The van der Waals surface area contributed by atoms with Crippen LogP contribution in [0.2, 0.25) is 5.02 Å². The molecule has 4 aromatic rings. The Morgan fingerprint density at radius 3 is 2.77 bits per heavy atom. The predicted molar refractivity (Wildman–Crippen MR) is 123 cm³/mol. The molecule has 1 fully saturated rings. The lowest BCUT2D eigenvalue weighted by Crippen LogP contribution is -2.19. The first-order valence-electron chi connectivity index (χ1n) is 10.4. The van der Waals surface area contributed by atoms with Crippen LogP contribution in [0.1, 0.15) is 18.4 Å². The first-order chi connectivity index (χ1) is 15.2. The highest BCUT2D eigenvalue weighted by Gasteiger charge is 2.20. The molecule has 1 aliphatic heterocycles. The number of ether oxygens (including phenoxy) is 1. The van der Waals surface area contributed by atoms with Crippen LogP contribution in [0.25, 0.3) is 22.3 Å². The van der Waals surface area contributed by atoms with Gasteiger partial charge in [0.15, 0.2) is 5.65 Å². The molecule has 3 N–H and O–H groups in total. The van der Waals surface area contributed by atoms with Crippen LogP contribution in [0.3, 0.4) is 0 Å². The van der Waals surface area contributed by atoms with Crippen molar-refractivity contribution in [2.75, 3.05) is 24.2 Å².